The van der Waals surface area contributed by atoms with Crippen molar-refractivity contribution < 1.29 is 41.0 Å². The lowest BCUT2D eigenvalue weighted by atomic mass is 9.74. The Labute approximate surface area is 247 Å². The fraction of sp³-hybridized carbons (Fsp3) is 0.517. The first kappa shape index (κ1) is 32.2. The van der Waals surface area contributed by atoms with Crippen molar-refractivity contribution in [3.8, 4) is 0 Å². The first-order valence-electron chi connectivity index (χ1n) is 13.8. The summed E-state index contributed by atoms with van der Waals surface area (Å²) in [6.45, 7) is 5.79. The van der Waals surface area contributed by atoms with Gasteiger partial charge in [-0.2, -0.15) is 0 Å². The summed E-state index contributed by atoms with van der Waals surface area (Å²) in [5.41, 5.74) is -1.70. The van der Waals surface area contributed by atoms with Crippen molar-refractivity contribution in [1.82, 2.24) is 5.32 Å². The van der Waals surface area contributed by atoms with Gasteiger partial charge in [-0.1, -0.05) is 25.4 Å². The van der Waals surface area contributed by atoms with Crippen molar-refractivity contribution in [3.05, 3.63) is 58.4 Å². The zero-order valence-corrected chi connectivity index (χ0v) is 25.0. The molecule has 2 fully saturated rings. The lowest BCUT2D eigenvalue weighted by molar-refractivity contribution is -0.147. The van der Waals surface area contributed by atoms with Gasteiger partial charge >= 0.3 is 5.97 Å². The number of esters is 1. The van der Waals surface area contributed by atoms with Gasteiger partial charge in [0.15, 0.2) is 27.3 Å². The van der Waals surface area contributed by atoms with Gasteiger partial charge in [0, 0.05) is 29.9 Å². The number of sulfone groups is 1. The van der Waals surface area contributed by atoms with Gasteiger partial charge in [-0.3, -0.25) is 9.59 Å². The Morgan fingerprint density at radius 2 is 1.69 bits per heavy atom. The maximum Gasteiger partial charge on any atom is 0.323 e. The summed E-state index contributed by atoms with van der Waals surface area (Å²) >= 11 is 6.28. The highest BCUT2D eigenvalue weighted by Crippen LogP contribution is 2.52. The first-order valence-corrected chi connectivity index (χ1v) is 15.7. The van der Waals surface area contributed by atoms with Crippen LogP contribution in [0.1, 0.15) is 56.8 Å². The molecule has 42 heavy (non-hydrogen) atoms. The number of anilines is 1. The van der Waals surface area contributed by atoms with Crippen molar-refractivity contribution in [1.29, 1.82) is 0 Å². The highest BCUT2D eigenvalue weighted by Gasteiger charge is 2.55. The minimum atomic E-state index is -4.07. The van der Waals surface area contributed by atoms with Crippen molar-refractivity contribution in [2.45, 2.75) is 68.2 Å². The molecule has 0 aromatic heterocycles. The highest BCUT2D eigenvalue weighted by molar-refractivity contribution is 7.92. The molecule has 3 N–H and O–H groups in total. The van der Waals surface area contributed by atoms with Crippen LogP contribution in [0.4, 0.5) is 18.9 Å². The van der Waals surface area contributed by atoms with Gasteiger partial charge < -0.3 is 20.5 Å². The number of nitrogens with one attached hydrogen (secondary N) is 2. The monoisotopic (exact) mass is 630 g/mol. The predicted molar refractivity (Wildman–Crippen MR) is 150 cm³/mol. The van der Waals surface area contributed by atoms with Crippen LogP contribution in [-0.4, -0.2) is 55.4 Å². The average molecular weight is 631 g/mol. The number of rotatable bonds is 10. The van der Waals surface area contributed by atoms with Gasteiger partial charge in [0.25, 0.3) is 5.91 Å². The third-order valence-corrected chi connectivity index (χ3v) is 11.0. The molecule has 1 amide bonds. The average Bonchev–Trinajstić information content (AvgIpc) is 3.07. The van der Waals surface area contributed by atoms with E-state index in [-0.39, 0.29) is 64.9 Å². The van der Waals surface area contributed by atoms with E-state index in [1.807, 2.05) is 13.8 Å². The summed E-state index contributed by atoms with van der Waals surface area (Å²) in [6, 6.07) is 4.19. The molecule has 0 saturated heterocycles. The van der Waals surface area contributed by atoms with Gasteiger partial charge in [-0.25, -0.2) is 21.6 Å². The van der Waals surface area contributed by atoms with Gasteiger partial charge in [0.1, 0.15) is 6.04 Å². The van der Waals surface area contributed by atoms with Crippen LogP contribution in [-0.2, 0) is 19.4 Å². The Hall–Kier alpha value is -2.67. The Bertz CT molecular complexity index is 1430. The third kappa shape index (κ3) is 6.31. The maximum atomic E-state index is 13.8. The number of benzene rings is 2. The molecule has 0 heterocycles. The molecule has 2 aromatic rings. The predicted octanol–water partition coefficient (Wildman–Crippen LogP) is 4.88. The minimum Gasteiger partial charge on any atom is -0.465 e. The molecule has 4 rings (SSSR count). The topological polar surface area (TPSA) is 122 Å². The molecule has 13 heteroatoms. The summed E-state index contributed by atoms with van der Waals surface area (Å²) < 4.78 is 73.2. The number of fused-ring (bicyclic) bond motifs is 2. The van der Waals surface area contributed by atoms with E-state index in [9.17, 15) is 36.3 Å². The SMILES string of the molecule is CCOC(=O)[C@@H](NCC1(O)C2CC[C@H]1CC(S(=O)(=O)c1cc(C(=O)Nc3cc(F)c(F)c(F)c3)ccc1Cl)C2)C(C)C. The van der Waals surface area contributed by atoms with E-state index in [0.717, 1.165) is 6.07 Å². The molecule has 2 aromatic carbocycles. The largest absolute Gasteiger partial charge is 0.465 e. The molecule has 230 valence electrons. The molecule has 2 aliphatic rings. The second-order valence-corrected chi connectivity index (χ2v) is 13.9. The van der Waals surface area contributed by atoms with E-state index in [1.165, 1.54) is 12.1 Å². The number of hydrogen-bond donors (Lipinski definition) is 3. The Morgan fingerprint density at radius 3 is 2.24 bits per heavy atom. The summed E-state index contributed by atoms with van der Waals surface area (Å²) in [5.74, 6) is -6.75. The lowest BCUT2D eigenvalue weighted by Gasteiger charge is -2.43. The van der Waals surface area contributed by atoms with Crippen LogP contribution in [0, 0.1) is 35.2 Å². The van der Waals surface area contributed by atoms with Crippen LogP contribution in [0.2, 0.25) is 5.02 Å². The van der Waals surface area contributed by atoms with E-state index >= 15 is 0 Å². The third-order valence-electron chi connectivity index (χ3n) is 8.37. The van der Waals surface area contributed by atoms with Crippen molar-refractivity contribution in [2.24, 2.45) is 17.8 Å². The second-order valence-electron chi connectivity index (χ2n) is 11.3. The zero-order valence-electron chi connectivity index (χ0n) is 23.4. The van der Waals surface area contributed by atoms with Gasteiger partial charge in [-0.05, 0) is 68.6 Å². The zero-order chi connectivity index (χ0) is 31.0. The number of carbonyl (C=O) groups is 2. The number of amides is 1. The number of aliphatic hydroxyl groups is 1. The lowest BCUT2D eigenvalue weighted by Crippen LogP contribution is -2.57. The molecular formula is C29H34ClF3N2O6S. The minimum absolute atomic E-state index is 0.0882. The number of halogens is 4. The van der Waals surface area contributed by atoms with Crippen LogP contribution in [0.5, 0.6) is 0 Å². The van der Waals surface area contributed by atoms with Crippen LogP contribution >= 0.6 is 11.6 Å². The molecule has 8 nitrogen and oxygen atoms in total. The fourth-order valence-electron chi connectivity index (χ4n) is 6.12. The molecule has 0 spiro atoms. The van der Waals surface area contributed by atoms with Crippen LogP contribution < -0.4 is 10.6 Å². The second kappa shape index (κ2) is 12.5. The number of hydrogen-bond acceptors (Lipinski definition) is 7. The number of ether oxygens (including phenoxy) is 1. The van der Waals surface area contributed by atoms with Gasteiger partial charge in [-0.15, -0.1) is 0 Å². The molecule has 2 aliphatic carbocycles. The molecule has 3 unspecified atom stereocenters. The fourth-order valence-corrected chi connectivity index (χ4v) is 8.52. The van der Waals surface area contributed by atoms with Crippen molar-refractivity contribution in [2.75, 3.05) is 18.5 Å². The normalized spacial score (nSPS) is 24.5. The summed E-state index contributed by atoms with van der Waals surface area (Å²) in [6.07, 6.45) is 1.54. The van der Waals surface area contributed by atoms with Crippen LogP contribution in [0.3, 0.4) is 0 Å². The molecule has 0 radical (unpaired) electrons. The Morgan fingerprint density at radius 1 is 1.10 bits per heavy atom. The van der Waals surface area contributed by atoms with Crippen molar-refractivity contribution >= 4 is 39.0 Å². The maximum absolute atomic E-state index is 13.8. The van der Waals surface area contributed by atoms with E-state index in [4.69, 9.17) is 16.3 Å². The van der Waals surface area contributed by atoms with Crippen LogP contribution in [0.15, 0.2) is 35.2 Å². The summed E-state index contributed by atoms with van der Waals surface area (Å²) in [4.78, 5) is 24.9. The highest BCUT2D eigenvalue weighted by atomic mass is 35.5. The van der Waals surface area contributed by atoms with Gasteiger partial charge in [0.2, 0.25) is 0 Å². The standard InChI is InChI=1S/C29H34ClF3N2O6S/c1-4-41-28(37)26(15(2)3)34-14-29(38)17-6-7-18(29)11-20(10-17)42(39,40)24-9-16(5-8-21(24)30)27(36)35-19-12-22(31)25(33)23(32)13-19/h5,8-9,12-13,15,17-18,20,26,34,38H,4,6-7,10-11,14H2,1-3H3,(H,35,36)/t17-,18?,20?,26-,29?/m0/s1. The number of carbonyl (C=O) groups excluding carboxylic acids is 2. The molecule has 5 atom stereocenters. The Kier molecular flexibility index (Phi) is 9.61. The first-order chi connectivity index (χ1) is 19.7. The van der Waals surface area contributed by atoms with Crippen molar-refractivity contribution in [3.63, 3.8) is 0 Å². The Balaban J connectivity index is 1.51. The van der Waals surface area contributed by atoms with E-state index in [1.54, 1.807) is 6.92 Å². The van der Waals surface area contributed by atoms with E-state index < -0.39 is 56.1 Å². The van der Waals surface area contributed by atoms with Gasteiger partial charge in [0.05, 0.1) is 27.4 Å². The van der Waals surface area contributed by atoms with Crippen LogP contribution in [0.25, 0.3) is 0 Å². The quantitative estimate of drug-likeness (QED) is 0.253. The molecule has 2 saturated carbocycles. The molecule has 2 bridgehead atoms. The molecular weight excluding hydrogens is 597 g/mol. The van der Waals surface area contributed by atoms with E-state index in [2.05, 4.69) is 10.6 Å². The summed E-state index contributed by atoms with van der Waals surface area (Å²) in [7, 11) is -4.07. The smallest absolute Gasteiger partial charge is 0.323 e. The van der Waals surface area contributed by atoms with E-state index in [0.29, 0.717) is 25.0 Å². The molecule has 0 aliphatic heterocycles. The summed E-state index contributed by atoms with van der Waals surface area (Å²) in [5, 5.41) is 16.1.